The van der Waals surface area contributed by atoms with Crippen molar-refractivity contribution in [2.24, 2.45) is 0 Å². The molecule has 0 atom stereocenters. The van der Waals surface area contributed by atoms with E-state index in [9.17, 15) is 0 Å². The molecule has 8 heteroatoms. The fraction of sp³-hybridized carbons (Fsp3) is 0.647. The lowest BCUT2D eigenvalue weighted by atomic mass is 9.90. The molecule has 0 N–H and O–H groups in total. The third-order valence-electron chi connectivity index (χ3n) is 5.25. The molecular formula is C17H23N5O3. The second-order valence-electron chi connectivity index (χ2n) is 6.59. The zero-order chi connectivity index (χ0) is 17.1. The molecule has 0 aromatic carbocycles. The van der Waals surface area contributed by atoms with Crippen molar-refractivity contribution in [3.8, 4) is 0 Å². The van der Waals surface area contributed by atoms with Crippen molar-refractivity contribution in [1.29, 1.82) is 0 Å². The van der Waals surface area contributed by atoms with Crippen LogP contribution in [0.2, 0.25) is 0 Å². The largest absolute Gasteiger partial charge is 0.381 e. The molecule has 2 aromatic rings. The second kappa shape index (κ2) is 7.05. The van der Waals surface area contributed by atoms with Crippen LogP contribution in [-0.4, -0.2) is 53.5 Å². The summed E-state index contributed by atoms with van der Waals surface area (Å²) in [6.45, 7) is 3.14. The van der Waals surface area contributed by atoms with E-state index < -0.39 is 5.60 Å². The van der Waals surface area contributed by atoms with Gasteiger partial charge in [0.1, 0.15) is 11.4 Å². The molecule has 0 bridgehead atoms. The monoisotopic (exact) mass is 345 g/mol. The van der Waals surface area contributed by atoms with Crippen LogP contribution in [0.25, 0.3) is 0 Å². The highest BCUT2D eigenvalue weighted by Crippen LogP contribution is 2.37. The van der Waals surface area contributed by atoms with Gasteiger partial charge in [0.2, 0.25) is 0 Å². The van der Waals surface area contributed by atoms with E-state index in [1.54, 1.807) is 25.7 Å². The van der Waals surface area contributed by atoms with Crippen LogP contribution in [-0.2, 0) is 15.1 Å². The SMILES string of the molecule is COC1(c2nc(C3CCOCC3)no2)CCN(c2cnccn2)CC1. The van der Waals surface area contributed by atoms with Crippen molar-refractivity contribution in [3.05, 3.63) is 30.3 Å². The summed E-state index contributed by atoms with van der Waals surface area (Å²) in [5.41, 5.74) is -0.519. The number of methoxy groups -OCH3 is 1. The first kappa shape index (κ1) is 16.4. The lowest BCUT2D eigenvalue weighted by molar-refractivity contribution is -0.0582. The van der Waals surface area contributed by atoms with E-state index in [1.165, 1.54) is 0 Å². The van der Waals surface area contributed by atoms with Gasteiger partial charge >= 0.3 is 0 Å². The Kier molecular flexibility index (Phi) is 4.63. The van der Waals surface area contributed by atoms with E-state index in [0.717, 1.165) is 63.6 Å². The number of ether oxygens (including phenoxy) is 2. The van der Waals surface area contributed by atoms with Gasteiger partial charge in [-0.05, 0) is 12.8 Å². The third kappa shape index (κ3) is 3.23. The molecule has 2 fully saturated rings. The Morgan fingerprint density at radius 1 is 1.20 bits per heavy atom. The van der Waals surface area contributed by atoms with E-state index in [4.69, 9.17) is 19.0 Å². The number of rotatable bonds is 4. The minimum absolute atomic E-state index is 0.319. The molecular weight excluding hydrogens is 322 g/mol. The summed E-state index contributed by atoms with van der Waals surface area (Å²) in [5.74, 6) is 2.59. The van der Waals surface area contributed by atoms with Crippen LogP contribution < -0.4 is 4.90 Å². The molecule has 2 aliphatic rings. The van der Waals surface area contributed by atoms with Crippen LogP contribution in [0.4, 0.5) is 5.82 Å². The normalized spacial score (nSPS) is 21.4. The summed E-state index contributed by atoms with van der Waals surface area (Å²) in [4.78, 5) is 15.4. The molecule has 0 amide bonds. The van der Waals surface area contributed by atoms with Gasteiger partial charge in [-0.1, -0.05) is 5.16 Å². The maximum atomic E-state index is 5.87. The Morgan fingerprint density at radius 2 is 2.00 bits per heavy atom. The highest BCUT2D eigenvalue weighted by atomic mass is 16.5. The summed E-state index contributed by atoms with van der Waals surface area (Å²) in [6.07, 6.45) is 8.62. The van der Waals surface area contributed by atoms with E-state index in [2.05, 4.69) is 20.0 Å². The molecule has 25 heavy (non-hydrogen) atoms. The van der Waals surface area contributed by atoms with Crippen LogP contribution in [0.5, 0.6) is 0 Å². The molecule has 4 heterocycles. The van der Waals surface area contributed by atoms with Gasteiger partial charge in [-0.3, -0.25) is 4.98 Å². The number of piperidine rings is 1. The number of hydrogen-bond acceptors (Lipinski definition) is 8. The topological polar surface area (TPSA) is 86.4 Å². The van der Waals surface area contributed by atoms with Gasteiger partial charge < -0.3 is 18.9 Å². The van der Waals surface area contributed by atoms with Gasteiger partial charge in [-0.25, -0.2) is 4.98 Å². The lowest BCUT2D eigenvalue weighted by Gasteiger charge is -2.38. The van der Waals surface area contributed by atoms with Gasteiger partial charge in [-0.15, -0.1) is 0 Å². The Labute approximate surface area is 146 Å². The van der Waals surface area contributed by atoms with Crippen LogP contribution in [0.1, 0.15) is 43.3 Å². The van der Waals surface area contributed by atoms with Crippen LogP contribution in [0, 0.1) is 0 Å². The minimum atomic E-state index is -0.519. The predicted octanol–water partition coefficient (Wildman–Crippen LogP) is 1.90. The Hall–Kier alpha value is -2.06. The Morgan fingerprint density at radius 3 is 2.68 bits per heavy atom. The van der Waals surface area contributed by atoms with Gasteiger partial charge in [0.15, 0.2) is 5.82 Å². The quantitative estimate of drug-likeness (QED) is 0.830. The van der Waals surface area contributed by atoms with Crippen molar-refractivity contribution < 1.29 is 14.0 Å². The summed E-state index contributed by atoms with van der Waals surface area (Å²) in [6, 6.07) is 0. The zero-order valence-electron chi connectivity index (χ0n) is 14.4. The lowest BCUT2D eigenvalue weighted by Crippen LogP contribution is -2.44. The van der Waals surface area contributed by atoms with Crippen LogP contribution in [0.15, 0.2) is 23.1 Å². The predicted molar refractivity (Wildman–Crippen MR) is 89.3 cm³/mol. The molecule has 8 nitrogen and oxygen atoms in total. The molecule has 134 valence electrons. The maximum Gasteiger partial charge on any atom is 0.259 e. The van der Waals surface area contributed by atoms with Crippen molar-refractivity contribution in [2.45, 2.75) is 37.2 Å². The molecule has 0 saturated carbocycles. The minimum Gasteiger partial charge on any atom is -0.381 e. The van der Waals surface area contributed by atoms with Crippen LogP contribution in [0.3, 0.4) is 0 Å². The standard InChI is InChI=1S/C17H23N5O3/c1-23-17(4-8-22(9-5-17)14-12-18-6-7-19-14)16-20-15(21-25-16)13-2-10-24-11-3-13/h6-7,12-13H,2-5,8-11H2,1H3. The fourth-order valence-electron chi connectivity index (χ4n) is 3.60. The fourth-order valence-corrected chi connectivity index (χ4v) is 3.60. The van der Waals surface area contributed by atoms with E-state index >= 15 is 0 Å². The summed E-state index contributed by atoms with van der Waals surface area (Å²) < 4.78 is 16.9. The highest BCUT2D eigenvalue weighted by molar-refractivity contribution is 5.36. The molecule has 0 radical (unpaired) electrons. The van der Waals surface area contributed by atoms with Crippen molar-refractivity contribution in [1.82, 2.24) is 20.1 Å². The summed E-state index contributed by atoms with van der Waals surface area (Å²) in [5, 5.41) is 4.23. The Bertz CT molecular complexity index is 679. The smallest absolute Gasteiger partial charge is 0.259 e. The second-order valence-corrected chi connectivity index (χ2v) is 6.59. The number of nitrogens with zero attached hydrogens (tertiary/aromatic N) is 5. The van der Waals surface area contributed by atoms with Crippen molar-refractivity contribution in [2.75, 3.05) is 38.3 Å². The van der Waals surface area contributed by atoms with E-state index in [1.807, 2.05) is 0 Å². The average Bonchev–Trinajstić information content (AvgIpc) is 3.20. The molecule has 0 spiro atoms. The number of anilines is 1. The summed E-state index contributed by atoms with van der Waals surface area (Å²) >= 11 is 0. The Balaban J connectivity index is 1.48. The van der Waals surface area contributed by atoms with Gasteiger partial charge in [0, 0.05) is 64.6 Å². The molecule has 4 rings (SSSR count). The van der Waals surface area contributed by atoms with E-state index in [-0.39, 0.29) is 0 Å². The average molecular weight is 345 g/mol. The number of hydrogen-bond donors (Lipinski definition) is 0. The first-order chi connectivity index (χ1) is 12.3. The van der Waals surface area contributed by atoms with Gasteiger partial charge in [0.25, 0.3) is 5.89 Å². The third-order valence-corrected chi connectivity index (χ3v) is 5.25. The molecule has 2 aliphatic heterocycles. The summed E-state index contributed by atoms with van der Waals surface area (Å²) in [7, 11) is 1.72. The molecule has 2 aromatic heterocycles. The molecule has 2 saturated heterocycles. The van der Waals surface area contributed by atoms with Crippen molar-refractivity contribution >= 4 is 5.82 Å². The first-order valence-electron chi connectivity index (χ1n) is 8.79. The maximum absolute atomic E-state index is 5.87. The first-order valence-corrected chi connectivity index (χ1v) is 8.79. The van der Waals surface area contributed by atoms with Gasteiger partial charge in [-0.2, -0.15) is 4.98 Å². The molecule has 0 unspecified atom stereocenters. The molecule has 0 aliphatic carbocycles. The van der Waals surface area contributed by atoms with E-state index in [0.29, 0.717) is 11.8 Å². The number of aromatic nitrogens is 4. The van der Waals surface area contributed by atoms with Gasteiger partial charge in [0.05, 0.1) is 6.20 Å². The highest BCUT2D eigenvalue weighted by Gasteiger charge is 2.42. The van der Waals surface area contributed by atoms with Crippen molar-refractivity contribution in [3.63, 3.8) is 0 Å². The zero-order valence-corrected chi connectivity index (χ0v) is 14.4. The van der Waals surface area contributed by atoms with Crippen LogP contribution >= 0.6 is 0 Å².